The van der Waals surface area contributed by atoms with Crippen molar-refractivity contribution in [2.75, 3.05) is 5.73 Å². The van der Waals surface area contributed by atoms with Crippen molar-refractivity contribution in [2.24, 2.45) is 0 Å². The molecule has 3 rings (SSSR count). The van der Waals surface area contributed by atoms with E-state index >= 15 is 0 Å². The standard InChI is InChI=1S/C13H14N4O2S/c1-9-2-4-11(5-3-9)20(18,19)17-7-10-6-15-13(14)16-12(10)8-17/h2-6H,7-8H2,1H3,(H2,14,15,16). The van der Waals surface area contributed by atoms with Crippen molar-refractivity contribution in [1.29, 1.82) is 0 Å². The fourth-order valence-electron chi connectivity index (χ4n) is 2.17. The van der Waals surface area contributed by atoms with E-state index in [1.54, 1.807) is 30.5 Å². The summed E-state index contributed by atoms with van der Waals surface area (Å²) in [6.45, 7) is 2.44. The second kappa shape index (κ2) is 4.53. The number of aromatic nitrogens is 2. The molecule has 0 saturated carbocycles. The van der Waals surface area contributed by atoms with E-state index in [1.807, 2.05) is 6.92 Å². The molecule has 1 aliphatic rings. The highest BCUT2D eigenvalue weighted by atomic mass is 32.2. The Labute approximate surface area is 117 Å². The number of aryl methyl sites for hydroxylation is 1. The van der Waals surface area contributed by atoms with Crippen LogP contribution in [0.15, 0.2) is 35.4 Å². The number of nitrogen functional groups attached to an aromatic ring is 1. The maximum atomic E-state index is 12.5. The summed E-state index contributed by atoms with van der Waals surface area (Å²) in [4.78, 5) is 8.27. The molecule has 20 heavy (non-hydrogen) atoms. The van der Waals surface area contributed by atoms with Gasteiger partial charge in [0.1, 0.15) is 0 Å². The number of hydrogen-bond acceptors (Lipinski definition) is 5. The van der Waals surface area contributed by atoms with Gasteiger partial charge in [-0.15, -0.1) is 0 Å². The van der Waals surface area contributed by atoms with Gasteiger partial charge in [0.25, 0.3) is 0 Å². The van der Waals surface area contributed by atoms with E-state index in [0.717, 1.165) is 11.1 Å². The van der Waals surface area contributed by atoms with Crippen LogP contribution in [0.3, 0.4) is 0 Å². The van der Waals surface area contributed by atoms with Crippen LogP contribution in [0.1, 0.15) is 16.8 Å². The minimum Gasteiger partial charge on any atom is -0.368 e. The second-order valence-electron chi connectivity index (χ2n) is 4.79. The van der Waals surface area contributed by atoms with Gasteiger partial charge in [0.05, 0.1) is 17.1 Å². The summed E-state index contributed by atoms with van der Waals surface area (Å²) in [5.74, 6) is 0.165. The average molecular weight is 290 g/mol. The van der Waals surface area contributed by atoms with Gasteiger partial charge in [-0.1, -0.05) is 17.7 Å². The summed E-state index contributed by atoms with van der Waals surface area (Å²) in [6.07, 6.45) is 1.59. The van der Waals surface area contributed by atoms with Crippen LogP contribution in [0.25, 0.3) is 0 Å². The first kappa shape index (κ1) is 13.0. The maximum absolute atomic E-state index is 12.5. The van der Waals surface area contributed by atoms with E-state index in [9.17, 15) is 8.42 Å². The molecule has 0 atom stereocenters. The molecule has 2 aromatic rings. The van der Waals surface area contributed by atoms with Gasteiger partial charge in [-0.05, 0) is 19.1 Å². The predicted molar refractivity (Wildman–Crippen MR) is 74.1 cm³/mol. The Hall–Kier alpha value is -1.99. The van der Waals surface area contributed by atoms with Crippen LogP contribution in [-0.2, 0) is 23.1 Å². The smallest absolute Gasteiger partial charge is 0.243 e. The summed E-state index contributed by atoms with van der Waals surface area (Å²) in [5, 5.41) is 0. The fraction of sp³-hybridized carbons (Fsp3) is 0.231. The third-order valence-electron chi connectivity index (χ3n) is 3.30. The Balaban J connectivity index is 1.93. The molecule has 2 heterocycles. The van der Waals surface area contributed by atoms with Crippen LogP contribution >= 0.6 is 0 Å². The van der Waals surface area contributed by atoms with Crippen molar-refractivity contribution >= 4 is 16.0 Å². The molecule has 0 aliphatic carbocycles. The average Bonchev–Trinajstić information content (AvgIpc) is 2.83. The van der Waals surface area contributed by atoms with Gasteiger partial charge in [0.15, 0.2) is 0 Å². The number of nitrogens with two attached hydrogens (primary N) is 1. The van der Waals surface area contributed by atoms with Crippen LogP contribution in [0, 0.1) is 6.92 Å². The SMILES string of the molecule is Cc1ccc(S(=O)(=O)N2Cc3cnc(N)nc3C2)cc1. The van der Waals surface area contributed by atoms with Gasteiger partial charge in [0.2, 0.25) is 16.0 Å². The van der Waals surface area contributed by atoms with Gasteiger partial charge in [-0.25, -0.2) is 18.4 Å². The first-order valence-corrected chi connectivity index (χ1v) is 7.58. The largest absolute Gasteiger partial charge is 0.368 e. The van der Waals surface area contributed by atoms with E-state index in [-0.39, 0.29) is 23.9 Å². The lowest BCUT2D eigenvalue weighted by Gasteiger charge is -2.15. The van der Waals surface area contributed by atoms with Crippen LogP contribution in [0.2, 0.25) is 0 Å². The van der Waals surface area contributed by atoms with Crippen molar-refractivity contribution in [3.8, 4) is 0 Å². The Morgan fingerprint density at radius 1 is 1.20 bits per heavy atom. The maximum Gasteiger partial charge on any atom is 0.243 e. The van der Waals surface area contributed by atoms with Crippen LogP contribution in [0.4, 0.5) is 5.95 Å². The first-order valence-electron chi connectivity index (χ1n) is 6.14. The zero-order chi connectivity index (χ0) is 14.3. The zero-order valence-electron chi connectivity index (χ0n) is 10.9. The third-order valence-corrected chi connectivity index (χ3v) is 5.11. The molecular formula is C13H14N4O2S. The van der Waals surface area contributed by atoms with Gasteiger partial charge in [-0.3, -0.25) is 0 Å². The van der Waals surface area contributed by atoms with Gasteiger partial charge < -0.3 is 5.73 Å². The lowest BCUT2D eigenvalue weighted by molar-refractivity contribution is 0.430. The normalized spacial score (nSPS) is 15.2. The number of hydrogen-bond donors (Lipinski definition) is 1. The van der Waals surface area contributed by atoms with Crippen molar-refractivity contribution < 1.29 is 8.42 Å². The molecule has 104 valence electrons. The van der Waals surface area contributed by atoms with Crippen LogP contribution in [0.5, 0.6) is 0 Å². The second-order valence-corrected chi connectivity index (χ2v) is 6.72. The lowest BCUT2D eigenvalue weighted by Crippen LogP contribution is -2.25. The number of sulfonamides is 1. The molecule has 0 spiro atoms. The molecule has 0 bridgehead atoms. The molecule has 7 heteroatoms. The number of fused-ring (bicyclic) bond motifs is 1. The molecule has 1 aliphatic heterocycles. The molecular weight excluding hydrogens is 276 g/mol. The molecule has 1 aromatic carbocycles. The van der Waals surface area contributed by atoms with Crippen molar-refractivity contribution in [3.05, 3.63) is 47.3 Å². The van der Waals surface area contributed by atoms with E-state index in [1.165, 1.54) is 4.31 Å². The molecule has 6 nitrogen and oxygen atoms in total. The van der Waals surface area contributed by atoms with Crippen molar-refractivity contribution in [3.63, 3.8) is 0 Å². The molecule has 2 N–H and O–H groups in total. The molecule has 0 unspecified atom stereocenters. The van der Waals surface area contributed by atoms with Gasteiger partial charge in [0, 0.05) is 18.3 Å². The van der Waals surface area contributed by atoms with Gasteiger partial charge >= 0.3 is 0 Å². The monoisotopic (exact) mass is 290 g/mol. The topological polar surface area (TPSA) is 89.2 Å². The van der Waals surface area contributed by atoms with E-state index < -0.39 is 10.0 Å². The summed E-state index contributed by atoms with van der Waals surface area (Å²) in [7, 11) is -3.51. The first-order chi connectivity index (χ1) is 9.46. The minimum absolute atomic E-state index is 0.165. The Morgan fingerprint density at radius 3 is 2.60 bits per heavy atom. The van der Waals surface area contributed by atoms with Crippen molar-refractivity contribution in [2.45, 2.75) is 24.9 Å². The minimum atomic E-state index is -3.51. The number of anilines is 1. The summed E-state index contributed by atoms with van der Waals surface area (Å²) in [6, 6.07) is 6.81. The van der Waals surface area contributed by atoms with Crippen molar-refractivity contribution in [1.82, 2.24) is 14.3 Å². The number of benzene rings is 1. The Morgan fingerprint density at radius 2 is 1.90 bits per heavy atom. The quantitative estimate of drug-likeness (QED) is 0.893. The predicted octanol–water partition coefficient (Wildman–Crippen LogP) is 1.07. The summed E-state index contributed by atoms with van der Waals surface area (Å²) >= 11 is 0. The molecule has 0 fully saturated rings. The van der Waals surface area contributed by atoms with E-state index in [4.69, 9.17) is 5.73 Å². The highest BCUT2D eigenvalue weighted by molar-refractivity contribution is 7.89. The highest BCUT2D eigenvalue weighted by Crippen LogP contribution is 2.27. The zero-order valence-corrected chi connectivity index (χ0v) is 11.8. The van der Waals surface area contributed by atoms with E-state index in [0.29, 0.717) is 5.69 Å². The summed E-state index contributed by atoms with van der Waals surface area (Å²) in [5.41, 5.74) is 8.02. The molecule has 0 amide bonds. The summed E-state index contributed by atoms with van der Waals surface area (Å²) < 4.78 is 26.5. The number of nitrogens with zero attached hydrogens (tertiary/aromatic N) is 3. The molecule has 0 radical (unpaired) electrons. The third kappa shape index (κ3) is 2.14. The fourth-order valence-corrected chi connectivity index (χ4v) is 3.55. The Bertz CT molecular complexity index is 756. The lowest BCUT2D eigenvalue weighted by atomic mass is 10.2. The van der Waals surface area contributed by atoms with Crippen LogP contribution in [-0.4, -0.2) is 22.7 Å². The van der Waals surface area contributed by atoms with Crippen LogP contribution < -0.4 is 5.73 Å². The highest BCUT2D eigenvalue weighted by Gasteiger charge is 2.31. The Kier molecular flexibility index (Phi) is 2.95. The van der Waals surface area contributed by atoms with E-state index in [2.05, 4.69) is 9.97 Å². The van der Waals surface area contributed by atoms with Gasteiger partial charge in [-0.2, -0.15) is 4.31 Å². The molecule has 0 saturated heterocycles. The molecule has 1 aromatic heterocycles. The number of rotatable bonds is 2.